The van der Waals surface area contributed by atoms with E-state index in [2.05, 4.69) is 20.9 Å². The molecule has 174 valence electrons. The van der Waals surface area contributed by atoms with Gasteiger partial charge in [0.25, 0.3) is 5.91 Å². The van der Waals surface area contributed by atoms with Crippen LogP contribution >= 0.6 is 15.9 Å². The van der Waals surface area contributed by atoms with Crippen LogP contribution in [0.15, 0.2) is 45.6 Å². The zero-order chi connectivity index (χ0) is 23.7. The van der Waals surface area contributed by atoms with Gasteiger partial charge in [-0.1, -0.05) is 6.07 Å². The van der Waals surface area contributed by atoms with Crippen LogP contribution in [0.3, 0.4) is 0 Å². The molecular weight excluding hydrogens is 510 g/mol. The fraction of sp³-hybridized carbons (Fsp3) is 0.368. The number of pyridine rings is 1. The number of hydrogen-bond donors (Lipinski definition) is 2. The zero-order valence-electron chi connectivity index (χ0n) is 16.9. The van der Waals surface area contributed by atoms with Gasteiger partial charge >= 0.3 is 11.9 Å². The molecule has 32 heavy (non-hydrogen) atoms. The van der Waals surface area contributed by atoms with Gasteiger partial charge in [0.1, 0.15) is 0 Å². The molecular formula is C19H22BrN3O8S. The van der Waals surface area contributed by atoms with Crippen LogP contribution in [0.4, 0.5) is 0 Å². The summed E-state index contributed by atoms with van der Waals surface area (Å²) < 4.78 is 32.3. The fourth-order valence-electron chi connectivity index (χ4n) is 2.85. The quantitative estimate of drug-likeness (QED) is 0.506. The Morgan fingerprint density at radius 2 is 1.75 bits per heavy atom. The molecule has 0 bridgehead atoms. The highest BCUT2D eigenvalue weighted by Gasteiger charge is 2.28. The van der Waals surface area contributed by atoms with Crippen molar-refractivity contribution in [2.75, 3.05) is 25.4 Å². The summed E-state index contributed by atoms with van der Waals surface area (Å²) in [4.78, 5) is 36.7. The van der Waals surface area contributed by atoms with E-state index in [1.807, 2.05) is 6.07 Å². The van der Waals surface area contributed by atoms with Crippen LogP contribution in [0.25, 0.3) is 0 Å². The number of aromatic nitrogens is 1. The summed E-state index contributed by atoms with van der Waals surface area (Å²) in [5.74, 6) is -3.97. The SMILES string of the molecule is O=C(O)C(=O)O.O=C(c1ccc(Br)o1)N(CCS(=O)(=O)N1CCCC1)Cc1ccccn1. The smallest absolute Gasteiger partial charge is 0.414 e. The number of aliphatic carboxylic acids is 2. The molecule has 0 saturated carbocycles. The van der Waals surface area contributed by atoms with Crippen molar-refractivity contribution in [3.63, 3.8) is 0 Å². The van der Waals surface area contributed by atoms with Crippen molar-refractivity contribution in [1.82, 2.24) is 14.2 Å². The van der Waals surface area contributed by atoms with Crippen LogP contribution in [-0.4, -0.2) is 76.1 Å². The molecule has 0 radical (unpaired) electrons. The number of carboxylic acids is 2. The summed E-state index contributed by atoms with van der Waals surface area (Å²) >= 11 is 3.18. The maximum absolute atomic E-state index is 12.8. The third-order valence-electron chi connectivity index (χ3n) is 4.41. The molecule has 0 aliphatic carbocycles. The van der Waals surface area contributed by atoms with E-state index >= 15 is 0 Å². The number of carboxylic acid groups (broad SMARTS) is 2. The Morgan fingerprint density at radius 1 is 1.09 bits per heavy atom. The van der Waals surface area contributed by atoms with E-state index in [0.29, 0.717) is 23.5 Å². The minimum Gasteiger partial charge on any atom is -0.473 e. The van der Waals surface area contributed by atoms with Gasteiger partial charge in [0.15, 0.2) is 10.4 Å². The first-order valence-electron chi connectivity index (χ1n) is 9.48. The second-order valence-electron chi connectivity index (χ2n) is 6.68. The van der Waals surface area contributed by atoms with Crippen molar-refractivity contribution < 1.29 is 37.4 Å². The number of halogens is 1. The molecule has 3 rings (SSSR count). The van der Waals surface area contributed by atoms with Crippen molar-refractivity contribution in [2.24, 2.45) is 0 Å². The molecule has 1 amide bonds. The third kappa shape index (κ3) is 7.73. The summed E-state index contributed by atoms with van der Waals surface area (Å²) in [6.45, 7) is 1.41. The van der Waals surface area contributed by atoms with Gasteiger partial charge in [0.05, 0.1) is 18.0 Å². The van der Waals surface area contributed by atoms with E-state index in [0.717, 1.165) is 12.8 Å². The predicted molar refractivity (Wildman–Crippen MR) is 115 cm³/mol. The summed E-state index contributed by atoms with van der Waals surface area (Å²) in [5.41, 5.74) is 0.685. The Kier molecular flexibility index (Phi) is 9.35. The van der Waals surface area contributed by atoms with Crippen LogP contribution in [-0.2, 0) is 26.2 Å². The van der Waals surface area contributed by atoms with E-state index in [9.17, 15) is 13.2 Å². The molecule has 0 spiro atoms. The van der Waals surface area contributed by atoms with Crippen molar-refractivity contribution >= 4 is 43.8 Å². The highest BCUT2D eigenvalue weighted by molar-refractivity contribution is 9.10. The minimum absolute atomic E-state index is 0.0760. The number of carbonyl (C=O) groups is 3. The van der Waals surface area contributed by atoms with Crippen molar-refractivity contribution in [3.05, 3.63) is 52.7 Å². The van der Waals surface area contributed by atoms with Crippen LogP contribution < -0.4 is 0 Å². The fourth-order valence-corrected chi connectivity index (χ4v) is 4.68. The largest absolute Gasteiger partial charge is 0.473 e. The van der Waals surface area contributed by atoms with Crippen LogP contribution in [0.5, 0.6) is 0 Å². The van der Waals surface area contributed by atoms with E-state index in [1.54, 1.807) is 30.5 Å². The number of nitrogens with zero attached hydrogens (tertiary/aromatic N) is 3. The first-order valence-corrected chi connectivity index (χ1v) is 11.9. The van der Waals surface area contributed by atoms with Crippen molar-refractivity contribution in [3.8, 4) is 0 Å². The number of rotatable bonds is 7. The molecule has 2 N–H and O–H groups in total. The summed E-state index contributed by atoms with van der Waals surface area (Å²) in [6, 6.07) is 8.61. The average molecular weight is 532 g/mol. The van der Waals surface area contributed by atoms with Crippen LogP contribution in [0.1, 0.15) is 29.1 Å². The number of amides is 1. The Bertz CT molecular complexity index is 1020. The van der Waals surface area contributed by atoms with Crippen LogP contribution in [0, 0.1) is 0 Å². The van der Waals surface area contributed by atoms with Gasteiger partial charge in [0, 0.05) is 25.8 Å². The van der Waals surface area contributed by atoms with Gasteiger partial charge < -0.3 is 19.5 Å². The Hall–Kier alpha value is -2.77. The van der Waals surface area contributed by atoms with E-state index in [-0.39, 0.29) is 30.5 Å². The molecule has 3 heterocycles. The Balaban J connectivity index is 0.000000534. The topological polar surface area (TPSA) is 158 Å². The van der Waals surface area contributed by atoms with E-state index in [1.165, 1.54) is 9.21 Å². The highest BCUT2D eigenvalue weighted by atomic mass is 79.9. The van der Waals surface area contributed by atoms with Crippen LogP contribution in [0.2, 0.25) is 0 Å². The first kappa shape index (κ1) is 25.5. The maximum atomic E-state index is 12.8. The van der Waals surface area contributed by atoms with Gasteiger partial charge in [-0.05, 0) is 53.0 Å². The lowest BCUT2D eigenvalue weighted by Crippen LogP contribution is -2.39. The van der Waals surface area contributed by atoms with Gasteiger partial charge in [-0.2, -0.15) is 0 Å². The molecule has 0 aromatic carbocycles. The van der Waals surface area contributed by atoms with Gasteiger partial charge in [-0.25, -0.2) is 22.3 Å². The highest BCUT2D eigenvalue weighted by Crippen LogP contribution is 2.18. The number of carbonyl (C=O) groups excluding carboxylic acids is 1. The zero-order valence-corrected chi connectivity index (χ0v) is 19.3. The molecule has 1 aliphatic heterocycles. The van der Waals surface area contributed by atoms with Crippen molar-refractivity contribution in [2.45, 2.75) is 19.4 Å². The first-order chi connectivity index (χ1) is 15.1. The summed E-state index contributed by atoms with van der Waals surface area (Å²) in [7, 11) is -3.38. The molecule has 2 aromatic heterocycles. The molecule has 1 fully saturated rings. The molecule has 13 heteroatoms. The Labute approximate surface area is 192 Å². The summed E-state index contributed by atoms with van der Waals surface area (Å²) in [6.07, 6.45) is 3.41. The van der Waals surface area contributed by atoms with E-state index in [4.69, 9.17) is 24.2 Å². The average Bonchev–Trinajstić information content (AvgIpc) is 3.44. The number of hydrogen-bond acceptors (Lipinski definition) is 7. The molecule has 1 saturated heterocycles. The second kappa shape index (κ2) is 11.7. The third-order valence-corrected chi connectivity index (χ3v) is 6.69. The van der Waals surface area contributed by atoms with Crippen molar-refractivity contribution in [1.29, 1.82) is 0 Å². The monoisotopic (exact) mass is 531 g/mol. The van der Waals surface area contributed by atoms with Gasteiger partial charge in [-0.3, -0.25) is 9.78 Å². The molecule has 1 aliphatic rings. The maximum Gasteiger partial charge on any atom is 0.414 e. The molecule has 0 atom stereocenters. The molecule has 11 nitrogen and oxygen atoms in total. The molecule has 0 unspecified atom stereocenters. The lowest BCUT2D eigenvalue weighted by molar-refractivity contribution is -0.159. The van der Waals surface area contributed by atoms with E-state index < -0.39 is 22.0 Å². The lowest BCUT2D eigenvalue weighted by Gasteiger charge is -2.23. The minimum atomic E-state index is -3.38. The second-order valence-corrected chi connectivity index (χ2v) is 9.55. The predicted octanol–water partition coefficient (Wildman–Crippen LogP) is 1.66. The number of sulfonamides is 1. The molecule has 2 aromatic rings. The van der Waals surface area contributed by atoms with Gasteiger partial charge in [-0.15, -0.1) is 0 Å². The lowest BCUT2D eigenvalue weighted by atomic mass is 10.3. The normalized spacial score (nSPS) is 13.8. The number of furan rings is 1. The standard InChI is InChI=1S/C17H20BrN3O4S.C2H2O4/c18-16-7-6-15(25-16)17(22)20(13-14-5-1-2-8-19-14)11-12-26(23,24)21-9-3-4-10-21;3-1(4)2(5)6/h1-2,5-8H,3-4,9-13H2;(H,3,4)(H,5,6). The van der Waals surface area contributed by atoms with Gasteiger partial charge in [0.2, 0.25) is 10.0 Å². The summed E-state index contributed by atoms with van der Waals surface area (Å²) in [5, 5.41) is 14.8. The Morgan fingerprint density at radius 3 is 2.25 bits per heavy atom.